The summed E-state index contributed by atoms with van der Waals surface area (Å²) < 4.78 is 4.97. The lowest BCUT2D eigenvalue weighted by Crippen LogP contribution is -2.56. The number of piperazine rings is 1. The first-order valence-corrected chi connectivity index (χ1v) is 9.28. The zero-order valence-electron chi connectivity index (χ0n) is 15.3. The van der Waals surface area contributed by atoms with Crippen LogP contribution in [0.2, 0.25) is 0 Å². The van der Waals surface area contributed by atoms with E-state index in [1.165, 1.54) is 6.42 Å². The molecule has 0 aromatic carbocycles. The van der Waals surface area contributed by atoms with Gasteiger partial charge >= 0.3 is 12.1 Å². The average Bonchev–Trinajstić information content (AvgIpc) is 2.62. The van der Waals surface area contributed by atoms with E-state index in [2.05, 4.69) is 10.6 Å². The lowest BCUT2D eigenvalue weighted by Gasteiger charge is -2.35. The maximum absolute atomic E-state index is 12.5. The molecule has 2 N–H and O–H groups in total. The van der Waals surface area contributed by atoms with Crippen molar-refractivity contribution in [3.8, 4) is 0 Å². The number of nitrogens with zero attached hydrogens (tertiary/aromatic N) is 2. The maximum Gasteiger partial charge on any atom is 0.409 e. The van der Waals surface area contributed by atoms with Crippen LogP contribution in [-0.2, 0) is 9.53 Å². The van der Waals surface area contributed by atoms with Crippen LogP contribution in [0.15, 0.2) is 0 Å². The highest BCUT2D eigenvalue weighted by atomic mass is 16.6. The molecule has 2 aliphatic rings. The second kappa shape index (κ2) is 9.48. The lowest BCUT2D eigenvalue weighted by molar-refractivity contribution is -0.134. The summed E-state index contributed by atoms with van der Waals surface area (Å²) in [6.45, 7) is 5.61. The second-order valence-electron chi connectivity index (χ2n) is 6.69. The second-order valence-corrected chi connectivity index (χ2v) is 6.69. The van der Waals surface area contributed by atoms with Gasteiger partial charge in [0.2, 0.25) is 5.91 Å². The predicted octanol–water partition coefficient (Wildman–Crippen LogP) is 1.31. The van der Waals surface area contributed by atoms with Gasteiger partial charge in [-0.3, -0.25) is 4.79 Å². The van der Waals surface area contributed by atoms with E-state index in [4.69, 9.17) is 4.74 Å². The molecule has 0 aromatic rings. The highest BCUT2D eigenvalue weighted by Crippen LogP contribution is 2.17. The molecule has 4 amide bonds. The van der Waals surface area contributed by atoms with Crippen LogP contribution in [0, 0.1) is 0 Å². The van der Waals surface area contributed by atoms with Gasteiger partial charge in [0.05, 0.1) is 6.61 Å². The van der Waals surface area contributed by atoms with E-state index >= 15 is 0 Å². The third-order valence-corrected chi connectivity index (χ3v) is 4.78. The van der Waals surface area contributed by atoms with Gasteiger partial charge < -0.3 is 25.2 Å². The van der Waals surface area contributed by atoms with Crippen LogP contribution in [0.5, 0.6) is 0 Å². The van der Waals surface area contributed by atoms with Crippen LogP contribution in [-0.4, -0.2) is 72.7 Å². The Morgan fingerprint density at radius 2 is 1.64 bits per heavy atom. The molecular formula is C17H30N4O4. The summed E-state index contributed by atoms with van der Waals surface area (Å²) >= 11 is 0. The van der Waals surface area contributed by atoms with Crippen molar-refractivity contribution in [2.75, 3.05) is 32.8 Å². The monoisotopic (exact) mass is 354 g/mol. The Balaban J connectivity index is 1.72. The Morgan fingerprint density at radius 1 is 1.04 bits per heavy atom. The SMILES string of the molecule is CCOC(=O)N1CCN(C(=O)[C@H](C)NC(=O)NC2CCCCC2)CC1. The fourth-order valence-corrected chi connectivity index (χ4v) is 3.33. The summed E-state index contributed by atoms with van der Waals surface area (Å²) in [6, 6.07) is -0.653. The Labute approximate surface area is 149 Å². The van der Waals surface area contributed by atoms with Crippen LogP contribution < -0.4 is 10.6 Å². The molecule has 0 radical (unpaired) electrons. The van der Waals surface area contributed by atoms with Crippen LogP contribution in [0.25, 0.3) is 0 Å². The molecule has 1 atom stereocenters. The molecule has 1 heterocycles. The Morgan fingerprint density at radius 3 is 2.24 bits per heavy atom. The minimum atomic E-state index is -0.585. The normalized spacial score (nSPS) is 19.9. The van der Waals surface area contributed by atoms with Crippen molar-refractivity contribution < 1.29 is 19.1 Å². The van der Waals surface area contributed by atoms with Crippen LogP contribution in [0.3, 0.4) is 0 Å². The molecule has 1 aliphatic carbocycles. The summed E-state index contributed by atoms with van der Waals surface area (Å²) in [5, 5.41) is 5.69. The van der Waals surface area contributed by atoms with Gasteiger partial charge in [0.1, 0.15) is 6.04 Å². The largest absolute Gasteiger partial charge is 0.450 e. The summed E-state index contributed by atoms with van der Waals surface area (Å²) in [5.41, 5.74) is 0. The molecule has 142 valence electrons. The third kappa shape index (κ3) is 5.79. The molecule has 1 saturated heterocycles. The zero-order chi connectivity index (χ0) is 18.2. The number of nitrogens with one attached hydrogen (secondary N) is 2. The molecule has 8 nitrogen and oxygen atoms in total. The Hall–Kier alpha value is -1.99. The molecule has 0 unspecified atom stereocenters. The molecule has 0 aromatic heterocycles. The number of carbonyl (C=O) groups excluding carboxylic acids is 3. The molecular weight excluding hydrogens is 324 g/mol. The quantitative estimate of drug-likeness (QED) is 0.796. The van der Waals surface area contributed by atoms with E-state index in [0.29, 0.717) is 32.8 Å². The highest BCUT2D eigenvalue weighted by Gasteiger charge is 2.28. The summed E-state index contributed by atoms with van der Waals surface area (Å²) in [5.74, 6) is -0.123. The first-order valence-electron chi connectivity index (χ1n) is 9.28. The molecule has 0 spiro atoms. The van der Waals surface area contributed by atoms with Crippen molar-refractivity contribution in [2.45, 2.75) is 58.0 Å². The summed E-state index contributed by atoms with van der Waals surface area (Å²) in [7, 11) is 0. The highest BCUT2D eigenvalue weighted by molar-refractivity contribution is 5.87. The fourth-order valence-electron chi connectivity index (χ4n) is 3.33. The van der Waals surface area contributed by atoms with Gasteiger partial charge in [-0.15, -0.1) is 0 Å². The van der Waals surface area contributed by atoms with Gasteiger partial charge in [-0.25, -0.2) is 9.59 Å². The van der Waals surface area contributed by atoms with Gasteiger partial charge in [-0.1, -0.05) is 19.3 Å². The van der Waals surface area contributed by atoms with E-state index in [9.17, 15) is 14.4 Å². The van der Waals surface area contributed by atoms with Crippen molar-refractivity contribution in [3.05, 3.63) is 0 Å². The average molecular weight is 354 g/mol. The van der Waals surface area contributed by atoms with Crippen LogP contribution >= 0.6 is 0 Å². The van der Waals surface area contributed by atoms with Crippen molar-refractivity contribution in [1.29, 1.82) is 0 Å². The third-order valence-electron chi connectivity index (χ3n) is 4.78. The molecule has 25 heavy (non-hydrogen) atoms. The number of hydrogen-bond acceptors (Lipinski definition) is 4. The predicted molar refractivity (Wildman–Crippen MR) is 93.2 cm³/mol. The molecule has 2 rings (SSSR count). The first-order chi connectivity index (χ1) is 12.0. The van der Waals surface area contributed by atoms with Gasteiger partial charge in [0.15, 0.2) is 0 Å². The molecule has 8 heteroatoms. The number of carbonyl (C=O) groups is 3. The van der Waals surface area contributed by atoms with Crippen LogP contribution in [0.4, 0.5) is 9.59 Å². The van der Waals surface area contributed by atoms with E-state index in [1.54, 1.807) is 23.6 Å². The van der Waals surface area contributed by atoms with Crippen molar-refractivity contribution in [2.24, 2.45) is 0 Å². The molecule has 0 bridgehead atoms. The minimum absolute atomic E-state index is 0.123. The van der Waals surface area contributed by atoms with Crippen LogP contribution in [0.1, 0.15) is 46.0 Å². The summed E-state index contributed by atoms with van der Waals surface area (Å²) in [6.07, 6.45) is 5.19. The minimum Gasteiger partial charge on any atom is -0.450 e. The van der Waals surface area contributed by atoms with E-state index in [-0.39, 0.29) is 24.1 Å². The summed E-state index contributed by atoms with van der Waals surface area (Å²) in [4.78, 5) is 39.5. The van der Waals surface area contributed by atoms with E-state index < -0.39 is 6.04 Å². The smallest absolute Gasteiger partial charge is 0.409 e. The Bertz CT molecular complexity index is 471. The van der Waals surface area contributed by atoms with E-state index in [0.717, 1.165) is 25.7 Å². The first kappa shape index (κ1) is 19.3. The Kier molecular flexibility index (Phi) is 7.33. The standard InChI is InChI=1S/C17H30N4O4/c1-3-25-17(24)21-11-9-20(10-12-21)15(22)13(2)18-16(23)19-14-7-5-4-6-8-14/h13-14H,3-12H2,1-2H3,(H2,18,19,23)/t13-/m0/s1. The van der Waals surface area contributed by atoms with Gasteiger partial charge in [0.25, 0.3) is 0 Å². The molecule has 1 saturated carbocycles. The molecule has 1 aliphatic heterocycles. The lowest BCUT2D eigenvalue weighted by atomic mass is 9.96. The zero-order valence-corrected chi connectivity index (χ0v) is 15.3. The number of ether oxygens (including phenoxy) is 1. The van der Waals surface area contributed by atoms with Gasteiger partial charge in [-0.05, 0) is 26.7 Å². The van der Waals surface area contributed by atoms with E-state index in [1.807, 2.05) is 0 Å². The fraction of sp³-hybridized carbons (Fsp3) is 0.824. The number of hydrogen-bond donors (Lipinski definition) is 2. The number of amides is 4. The number of rotatable bonds is 4. The van der Waals surface area contributed by atoms with Gasteiger partial charge in [0, 0.05) is 32.2 Å². The number of urea groups is 1. The van der Waals surface area contributed by atoms with Crippen molar-refractivity contribution in [1.82, 2.24) is 20.4 Å². The topological polar surface area (TPSA) is 91.0 Å². The van der Waals surface area contributed by atoms with Gasteiger partial charge in [-0.2, -0.15) is 0 Å². The van der Waals surface area contributed by atoms with Crippen molar-refractivity contribution >= 4 is 18.0 Å². The van der Waals surface area contributed by atoms with Crippen molar-refractivity contribution in [3.63, 3.8) is 0 Å². The molecule has 2 fully saturated rings. The maximum atomic E-state index is 12.5.